The van der Waals surface area contributed by atoms with E-state index in [0.29, 0.717) is 42.9 Å². The van der Waals surface area contributed by atoms with Crippen molar-refractivity contribution in [1.82, 2.24) is 15.3 Å². The van der Waals surface area contributed by atoms with Crippen LogP contribution in [0.3, 0.4) is 0 Å². The molecule has 10 rings (SSSR count). The molecule has 0 bridgehead atoms. The lowest BCUT2D eigenvalue weighted by Gasteiger charge is -2.35. The highest BCUT2D eigenvalue weighted by molar-refractivity contribution is 7.13. The highest BCUT2D eigenvalue weighted by Gasteiger charge is 2.41. The zero-order valence-electron chi connectivity index (χ0n) is 34.4. The van der Waals surface area contributed by atoms with Crippen LogP contribution in [0.1, 0.15) is 81.8 Å². The molecule has 2 spiro atoms. The summed E-state index contributed by atoms with van der Waals surface area (Å²) in [5, 5.41) is 24.9. The van der Waals surface area contributed by atoms with Crippen LogP contribution in [0.2, 0.25) is 0 Å². The van der Waals surface area contributed by atoms with Crippen LogP contribution >= 0.6 is 35.1 Å². The van der Waals surface area contributed by atoms with Crippen molar-refractivity contribution in [1.29, 1.82) is 0 Å². The molecule has 2 saturated carbocycles. The number of fused-ring (bicyclic) bond motifs is 2. The predicted octanol–water partition coefficient (Wildman–Crippen LogP) is 8.98. The Hall–Kier alpha value is -4.71. The third-order valence-electron chi connectivity index (χ3n) is 11.6. The summed E-state index contributed by atoms with van der Waals surface area (Å²) in [6, 6.07) is 24.3. The lowest BCUT2D eigenvalue weighted by molar-refractivity contribution is -0.179. The van der Waals surface area contributed by atoms with Gasteiger partial charge in [0.1, 0.15) is 9.75 Å². The lowest BCUT2D eigenvalue weighted by atomic mass is 9.90. The molecule has 6 heterocycles. The van der Waals surface area contributed by atoms with E-state index in [1.54, 1.807) is 17.6 Å². The predicted molar refractivity (Wildman–Crippen MR) is 246 cm³/mol. The van der Waals surface area contributed by atoms with Gasteiger partial charge in [-0.05, 0) is 84.0 Å². The monoisotopic (exact) mass is 900 g/mol. The molecule has 2 aliphatic carbocycles. The van der Waals surface area contributed by atoms with E-state index in [2.05, 4.69) is 32.0 Å². The number of rotatable bonds is 9. The Balaban J connectivity index is 0.000000155. The largest absolute Gasteiger partial charge is 0.477 e. The van der Waals surface area contributed by atoms with Crippen molar-refractivity contribution in [3.05, 3.63) is 117 Å². The van der Waals surface area contributed by atoms with E-state index >= 15 is 0 Å². The molecule has 0 unspecified atom stereocenters. The summed E-state index contributed by atoms with van der Waals surface area (Å²) in [6.45, 7) is 4.08. The van der Waals surface area contributed by atoms with E-state index < -0.39 is 11.8 Å². The number of nitrogens with two attached hydrogens (primary N) is 1. The minimum absolute atomic E-state index is 0. The number of hydrogen-bond donors (Lipinski definition) is 5. The van der Waals surface area contributed by atoms with Gasteiger partial charge in [0.15, 0.2) is 11.6 Å². The van der Waals surface area contributed by atoms with Crippen molar-refractivity contribution in [2.24, 2.45) is 5.73 Å². The van der Waals surface area contributed by atoms with E-state index in [1.807, 2.05) is 72.2 Å². The molecule has 2 aromatic carbocycles. The van der Waals surface area contributed by atoms with Crippen LogP contribution in [0, 0.1) is 0 Å². The van der Waals surface area contributed by atoms with Gasteiger partial charge in [-0.3, -0.25) is 14.8 Å². The second-order valence-electron chi connectivity index (χ2n) is 15.6. The Morgan fingerprint density at radius 1 is 0.661 bits per heavy atom. The summed E-state index contributed by atoms with van der Waals surface area (Å²) < 4.78 is 22.7. The first-order valence-electron chi connectivity index (χ1n) is 20.9. The number of aromatic carboxylic acids is 1. The summed E-state index contributed by atoms with van der Waals surface area (Å²) in [5.41, 5.74) is 11.5. The number of ether oxygens (including phenoxy) is 4. The first kappa shape index (κ1) is 45.3. The Morgan fingerprint density at radius 2 is 1.11 bits per heavy atom. The number of pyridine rings is 2. The average Bonchev–Trinajstić information content (AvgIpc) is 4.14. The molecular formula is C46H53ClN6O7S2. The number of carbonyl (C=O) groups is 2. The maximum atomic E-state index is 12.9. The molecule has 6 N–H and O–H groups in total. The maximum Gasteiger partial charge on any atom is 0.348 e. The number of carboxylic acids is 1. The zero-order valence-corrected chi connectivity index (χ0v) is 36.8. The number of hydrogen-bond acceptors (Lipinski definition) is 13. The zero-order chi connectivity index (χ0) is 42.1. The third-order valence-corrected chi connectivity index (χ3v) is 13.5. The minimum atomic E-state index is -0.901. The van der Waals surface area contributed by atoms with E-state index in [9.17, 15) is 9.59 Å². The van der Waals surface area contributed by atoms with Crippen LogP contribution in [0.5, 0.6) is 0 Å². The lowest BCUT2D eigenvalue weighted by Crippen LogP contribution is -2.43. The first-order valence-corrected chi connectivity index (χ1v) is 22.7. The van der Waals surface area contributed by atoms with Crippen LogP contribution < -0.4 is 21.7 Å². The number of carbonyl (C=O) groups excluding carboxylic acids is 1. The first-order chi connectivity index (χ1) is 29.8. The molecule has 328 valence electrons. The summed E-state index contributed by atoms with van der Waals surface area (Å²) in [5.74, 6) is -1.54. The normalized spacial score (nSPS) is 18.9. The van der Waals surface area contributed by atoms with Crippen molar-refractivity contribution in [3.8, 4) is 0 Å². The van der Waals surface area contributed by atoms with Crippen molar-refractivity contribution in [2.75, 3.05) is 37.1 Å². The van der Waals surface area contributed by atoms with E-state index in [1.165, 1.54) is 22.7 Å². The van der Waals surface area contributed by atoms with Crippen molar-refractivity contribution >= 4 is 80.1 Å². The van der Waals surface area contributed by atoms with Gasteiger partial charge in [-0.15, -0.1) is 35.1 Å². The second kappa shape index (κ2) is 21.1. The topological polar surface area (TPSA) is 179 Å². The molecule has 62 heavy (non-hydrogen) atoms. The minimum Gasteiger partial charge on any atom is -0.477 e. The molecule has 4 aliphatic rings. The number of anilines is 2. The summed E-state index contributed by atoms with van der Waals surface area (Å²) >= 11 is 2.69. The van der Waals surface area contributed by atoms with Gasteiger partial charge in [-0.25, -0.2) is 4.79 Å². The molecule has 2 saturated heterocycles. The van der Waals surface area contributed by atoms with Crippen LogP contribution in [0.4, 0.5) is 11.4 Å². The molecule has 2 aliphatic heterocycles. The SMILES string of the molecule is Cl.NC1CCC2(CC1)OCCO2.O=C(NC1CCC2(CC1)OCCO2)c1sccc1NCc1ccnc2ccccc12.O=C(O)c1sccc1NCc1ccnc2ccccc12. The summed E-state index contributed by atoms with van der Waals surface area (Å²) in [6.07, 6.45) is 11.1. The number of carboxylic acid groups (broad SMARTS) is 1. The van der Waals surface area contributed by atoms with Crippen molar-refractivity contribution < 1.29 is 33.6 Å². The number of halogens is 1. The number of para-hydroxylation sites is 2. The van der Waals surface area contributed by atoms with E-state index in [-0.39, 0.29) is 30.1 Å². The smallest absolute Gasteiger partial charge is 0.348 e. The van der Waals surface area contributed by atoms with Gasteiger partial charge in [0.05, 0.1) is 48.8 Å². The highest BCUT2D eigenvalue weighted by atomic mass is 35.5. The van der Waals surface area contributed by atoms with Crippen LogP contribution in [0.25, 0.3) is 21.8 Å². The number of benzene rings is 2. The molecule has 13 nitrogen and oxygen atoms in total. The fourth-order valence-corrected chi connectivity index (χ4v) is 9.82. The standard InChI is InChI=1S/C23H25N3O3S.C15H12N2O2S.C8H15NO2.ClH/c27-22(26-17-5-9-23(10-6-17)28-12-13-29-23)21-20(8-14-30-21)25-15-16-7-11-24-19-4-2-1-3-18(16)19;18-15(19)14-13(6-8-20-14)17-9-10-5-7-16-12-4-2-1-3-11(10)12;9-7-1-3-8(4-2-7)10-5-6-11-8;/h1-4,7-8,11,14,17,25H,5-6,9-10,12-13,15H2,(H,26,27);1-8,17H,9H2,(H,18,19);7H,1-6,9H2;1H. The maximum absolute atomic E-state index is 12.9. The Morgan fingerprint density at radius 3 is 1.61 bits per heavy atom. The van der Waals surface area contributed by atoms with Gasteiger partial charge in [0.2, 0.25) is 0 Å². The Bertz CT molecular complexity index is 2390. The number of nitrogens with zero attached hydrogens (tertiary/aromatic N) is 2. The Labute approximate surface area is 375 Å². The summed E-state index contributed by atoms with van der Waals surface area (Å²) in [7, 11) is 0. The molecule has 6 aromatic rings. The van der Waals surface area contributed by atoms with Crippen molar-refractivity contribution in [2.45, 2.75) is 88.1 Å². The number of nitrogens with one attached hydrogen (secondary N) is 3. The van der Waals surface area contributed by atoms with Gasteiger partial charge < -0.3 is 45.7 Å². The van der Waals surface area contributed by atoms with Crippen molar-refractivity contribution in [3.63, 3.8) is 0 Å². The molecule has 0 atom stereocenters. The summed E-state index contributed by atoms with van der Waals surface area (Å²) in [4.78, 5) is 33.8. The second-order valence-corrected chi connectivity index (χ2v) is 17.4. The van der Waals surface area contributed by atoms with Crippen LogP contribution in [-0.4, -0.2) is 77.0 Å². The van der Waals surface area contributed by atoms with E-state index in [4.69, 9.17) is 29.8 Å². The number of aromatic nitrogens is 2. The van der Waals surface area contributed by atoms with Gasteiger partial charge in [0.25, 0.3) is 5.91 Å². The van der Waals surface area contributed by atoms with Crippen LogP contribution in [0.15, 0.2) is 96.0 Å². The van der Waals surface area contributed by atoms with Gasteiger partial charge >= 0.3 is 5.97 Å². The quantitative estimate of drug-likeness (QED) is 0.0932. The number of amides is 1. The average molecular weight is 902 g/mol. The molecule has 1 amide bonds. The van der Waals surface area contributed by atoms with Gasteiger partial charge in [-0.1, -0.05) is 36.4 Å². The van der Waals surface area contributed by atoms with Crippen LogP contribution in [-0.2, 0) is 32.0 Å². The molecule has 16 heteroatoms. The van der Waals surface area contributed by atoms with Gasteiger partial charge in [-0.2, -0.15) is 0 Å². The van der Waals surface area contributed by atoms with Gasteiger partial charge in [0, 0.05) is 74.0 Å². The highest BCUT2D eigenvalue weighted by Crippen LogP contribution is 2.37. The fraction of sp³-hybridized carbons (Fsp3) is 0.391. The van der Waals surface area contributed by atoms with E-state index in [0.717, 1.165) is 108 Å². The fourth-order valence-electron chi connectivity index (χ4n) is 8.34. The third kappa shape index (κ3) is 11.1. The molecular weight excluding hydrogens is 848 g/mol. The molecule has 4 fully saturated rings. The number of thiophene rings is 2. The molecule has 0 radical (unpaired) electrons. The Kier molecular flexibility index (Phi) is 15.4. The molecule has 4 aromatic heterocycles.